The highest BCUT2D eigenvalue weighted by Gasteiger charge is 2.23. The van der Waals surface area contributed by atoms with Crippen LogP contribution in [0.3, 0.4) is 0 Å². The molecule has 20 heavy (non-hydrogen) atoms. The molecule has 4 nitrogen and oxygen atoms in total. The van der Waals surface area contributed by atoms with Gasteiger partial charge >= 0.3 is 5.97 Å². The van der Waals surface area contributed by atoms with Crippen molar-refractivity contribution in [3.05, 3.63) is 63.4 Å². The van der Waals surface area contributed by atoms with Crippen LogP contribution in [0.15, 0.2) is 35.3 Å². The van der Waals surface area contributed by atoms with E-state index in [2.05, 4.69) is 27.5 Å². The van der Waals surface area contributed by atoms with Crippen molar-refractivity contribution in [1.29, 1.82) is 0 Å². The van der Waals surface area contributed by atoms with E-state index in [0.29, 0.717) is 22.4 Å². The lowest BCUT2D eigenvalue weighted by molar-refractivity contribution is 0.0690. The highest BCUT2D eigenvalue weighted by Crippen LogP contribution is 2.24. The summed E-state index contributed by atoms with van der Waals surface area (Å²) in [6.07, 6.45) is 1.45. The number of halogens is 1. The SMILES string of the molecule is C=Cc1[nH]c(C(=O)O)c(C)c1C(=O)c1cccc(Br)c1. The number of aromatic carboxylic acids is 1. The Bertz CT molecular complexity index is 716. The molecule has 0 spiro atoms. The fourth-order valence-electron chi connectivity index (χ4n) is 2.05. The standard InChI is InChI=1S/C15H12BrNO3/c1-3-11-12(8(2)13(17-11)15(19)20)14(18)9-5-4-6-10(16)7-9/h3-7,17H,1H2,2H3,(H,19,20). The molecule has 0 unspecified atom stereocenters. The van der Waals surface area contributed by atoms with Crippen LogP contribution in [0.25, 0.3) is 6.08 Å². The lowest BCUT2D eigenvalue weighted by atomic mass is 9.99. The molecule has 2 rings (SSSR count). The number of nitrogens with one attached hydrogen (secondary N) is 1. The number of benzene rings is 1. The van der Waals surface area contributed by atoms with Gasteiger partial charge in [-0.2, -0.15) is 0 Å². The summed E-state index contributed by atoms with van der Waals surface area (Å²) in [7, 11) is 0. The molecule has 0 saturated carbocycles. The molecule has 1 heterocycles. The Balaban J connectivity index is 2.60. The van der Waals surface area contributed by atoms with Crippen LogP contribution in [0.5, 0.6) is 0 Å². The summed E-state index contributed by atoms with van der Waals surface area (Å²) >= 11 is 3.31. The Morgan fingerprint density at radius 3 is 2.65 bits per heavy atom. The number of hydrogen-bond donors (Lipinski definition) is 2. The summed E-state index contributed by atoms with van der Waals surface area (Å²) in [5.41, 5.74) is 1.68. The van der Waals surface area contributed by atoms with Crippen molar-refractivity contribution < 1.29 is 14.7 Å². The van der Waals surface area contributed by atoms with Gasteiger partial charge < -0.3 is 10.1 Å². The molecule has 1 aromatic heterocycles. The zero-order valence-electron chi connectivity index (χ0n) is 10.7. The fourth-order valence-corrected chi connectivity index (χ4v) is 2.45. The third-order valence-corrected chi connectivity index (χ3v) is 3.50. The zero-order valence-corrected chi connectivity index (χ0v) is 12.3. The van der Waals surface area contributed by atoms with E-state index in [0.717, 1.165) is 4.47 Å². The second-order valence-corrected chi connectivity index (χ2v) is 5.18. The first-order chi connectivity index (χ1) is 9.45. The van der Waals surface area contributed by atoms with Gasteiger partial charge in [-0.05, 0) is 30.7 Å². The van der Waals surface area contributed by atoms with Crippen LogP contribution in [-0.4, -0.2) is 21.8 Å². The van der Waals surface area contributed by atoms with Crippen molar-refractivity contribution in [3.8, 4) is 0 Å². The van der Waals surface area contributed by atoms with Gasteiger partial charge in [0.05, 0.1) is 5.56 Å². The van der Waals surface area contributed by atoms with Gasteiger partial charge in [-0.15, -0.1) is 0 Å². The molecule has 2 N–H and O–H groups in total. The first-order valence-electron chi connectivity index (χ1n) is 5.84. The molecule has 5 heteroatoms. The molecular formula is C15H12BrNO3. The van der Waals surface area contributed by atoms with Crippen LogP contribution in [-0.2, 0) is 0 Å². The monoisotopic (exact) mass is 333 g/mol. The van der Waals surface area contributed by atoms with Gasteiger partial charge in [-0.1, -0.05) is 34.6 Å². The van der Waals surface area contributed by atoms with Gasteiger partial charge in [0, 0.05) is 15.7 Å². The second kappa shape index (κ2) is 5.46. The molecule has 0 aliphatic heterocycles. The molecule has 0 saturated heterocycles. The summed E-state index contributed by atoms with van der Waals surface area (Å²) < 4.78 is 0.787. The maximum absolute atomic E-state index is 12.6. The minimum absolute atomic E-state index is 0.0123. The Labute approximate surface area is 124 Å². The van der Waals surface area contributed by atoms with E-state index >= 15 is 0 Å². The van der Waals surface area contributed by atoms with E-state index in [1.165, 1.54) is 6.08 Å². The quantitative estimate of drug-likeness (QED) is 0.839. The minimum atomic E-state index is -1.10. The summed E-state index contributed by atoms with van der Waals surface area (Å²) in [5.74, 6) is -1.33. The number of carboxylic acids is 1. The summed E-state index contributed by atoms with van der Waals surface area (Å²) in [5, 5.41) is 9.11. The van der Waals surface area contributed by atoms with Crippen LogP contribution < -0.4 is 0 Å². The summed E-state index contributed by atoms with van der Waals surface area (Å²) in [4.78, 5) is 26.4. The van der Waals surface area contributed by atoms with E-state index in [-0.39, 0.29) is 11.5 Å². The summed E-state index contributed by atoms with van der Waals surface area (Å²) in [6, 6.07) is 6.96. The molecule has 1 aromatic carbocycles. The molecule has 0 fully saturated rings. The number of H-pyrrole nitrogens is 1. The van der Waals surface area contributed by atoms with Gasteiger partial charge in [-0.25, -0.2) is 4.79 Å². The number of aromatic nitrogens is 1. The molecule has 0 amide bonds. The van der Waals surface area contributed by atoms with Gasteiger partial charge in [0.2, 0.25) is 0 Å². The zero-order chi connectivity index (χ0) is 14.9. The van der Waals surface area contributed by atoms with Gasteiger partial charge in [-0.3, -0.25) is 4.79 Å². The summed E-state index contributed by atoms with van der Waals surface area (Å²) in [6.45, 7) is 5.22. The minimum Gasteiger partial charge on any atom is -0.477 e. The van der Waals surface area contributed by atoms with Crippen molar-refractivity contribution in [2.24, 2.45) is 0 Å². The first kappa shape index (κ1) is 14.3. The fraction of sp³-hybridized carbons (Fsp3) is 0.0667. The van der Waals surface area contributed by atoms with E-state index in [9.17, 15) is 9.59 Å². The maximum Gasteiger partial charge on any atom is 0.352 e. The Morgan fingerprint density at radius 2 is 2.10 bits per heavy atom. The number of carbonyl (C=O) groups is 2. The highest BCUT2D eigenvalue weighted by molar-refractivity contribution is 9.10. The van der Waals surface area contributed by atoms with E-state index < -0.39 is 5.97 Å². The highest BCUT2D eigenvalue weighted by atomic mass is 79.9. The van der Waals surface area contributed by atoms with E-state index in [4.69, 9.17) is 5.11 Å². The number of aromatic amines is 1. The van der Waals surface area contributed by atoms with E-state index in [1.54, 1.807) is 25.1 Å². The predicted octanol–water partition coefficient (Wildman–Crippen LogP) is 3.66. The third kappa shape index (κ3) is 2.44. The number of ketones is 1. The molecule has 0 radical (unpaired) electrons. The number of rotatable bonds is 4. The third-order valence-electron chi connectivity index (χ3n) is 3.01. The average Bonchev–Trinajstić information content (AvgIpc) is 2.75. The molecule has 2 aromatic rings. The largest absolute Gasteiger partial charge is 0.477 e. The van der Waals surface area contributed by atoms with Gasteiger partial charge in [0.15, 0.2) is 5.78 Å². The lowest BCUT2D eigenvalue weighted by Gasteiger charge is -2.03. The number of carboxylic acid groups (broad SMARTS) is 1. The van der Waals surface area contributed by atoms with Crippen molar-refractivity contribution in [2.45, 2.75) is 6.92 Å². The molecule has 0 atom stereocenters. The average molecular weight is 334 g/mol. The lowest BCUT2D eigenvalue weighted by Crippen LogP contribution is -2.05. The number of carbonyl (C=O) groups excluding carboxylic acids is 1. The van der Waals surface area contributed by atoms with Crippen LogP contribution >= 0.6 is 15.9 Å². The first-order valence-corrected chi connectivity index (χ1v) is 6.63. The smallest absolute Gasteiger partial charge is 0.352 e. The molecular weight excluding hydrogens is 322 g/mol. The molecule has 0 aliphatic carbocycles. The van der Waals surface area contributed by atoms with Crippen LogP contribution in [0.4, 0.5) is 0 Å². The van der Waals surface area contributed by atoms with Crippen LogP contribution in [0.1, 0.15) is 37.7 Å². The maximum atomic E-state index is 12.6. The van der Waals surface area contributed by atoms with Crippen molar-refractivity contribution in [1.82, 2.24) is 4.98 Å². The van der Waals surface area contributed by atoms with Crippen LogP contribution in [0, 0.1) is 6.92 Å². The molecule has 0 bridgehead atoms. The normalized spacial score (nSPS) is 10.3. The van der Waals surface area contributed by atoms with Crippen molar-refractivity contribution >= 4 is 33.8 Å². The second-order valence-electron chi connectivity index (χ2n) is 4.26. The van der Waals surface area contributed by atoms with E-state index in [1.807, 2.05) is 6.07 Å². The molecule has 102 valence electrons. The van der Waals surface area contributed by atoms with Gasteiger partial charge in [0.25, 0.3) is 0 Å². The van der Waals surface area contributed by atoms with Gasteiger partial charge in [0.1, 0.15) is 5.69 Å². The Hall–Kier alpha value is -2.14. The Morgan fingerprint density at radius 1 is 1.40 bits per heavy atom. The topological polar surface area (TPSA) is 70.2 Å². The predicted molar refractivity (Wildman–Crippen MR) is 80.2 cm³/mol. The van der Waals surface area contributed by atoms with Crippen molar-refractivity contribution in [2.75, 3.05) is 0 Å². The Kier molecular flexibility index (Phi) is 3.90. The van der Waals surface area contributed by atoms with Crippen LogP contribution in [0.2, 0.25) is 0 Å². The number of hydrogen-bond acceptors (Lipinski definition) is 2. The molecule has 0 aliphatic rings. The van der Waals surface area contributed by atoms with Crippen molar-refractivity contribution in [3.63, 3.8) is 0 Å².